The summed E-state index contributed by atoms with van der Waals surface area (Å²) in [5.41, 5.74) is 1.01. The number of hydrogen-bond donors (Lipinski definition) is 1. The molecule has 3 fully saturated rings. The summed E-state index contributed by atoms with van der Waals surface area (Å²) >= 11 is 0. The molecule has 5 nitrogen and oxygen atoms in total. The first-order valence-corrected chi connectivity index (χ1v) is 8.98. The van der Waals surface area contributed by atoms with E-state index >= 15 is 0 Å². The van der Waals surface area contributed by atoms with Crippen molar-refractivity contribution < 1.29 is 14.3 Å². The van der Waals surface area contributed by atoms with Crippen LogP contribution < -0.4 is 5.32 Å². The van der Waals surface area contributed by atoms with E-state index in [1.807, 2.05) is 35.2 Å². The summed E-state index contributed by atoms with van der Waals surface area (Å²) in [5.74, 6) is -0.0647. The number of rotatable bonds is 4. The zero-order chi connectivity index (χ0) is 16.5. The Morgan fingerprint density at radius 2 is 1.96 bits per heavy atom. The minimum atomic E-state index is -0.224. The van der Waals surface area contributed by atoms with Gasteiger partial charge in [-0.25, -0.2) is 0 Å². The highest BCUT2D eigenvalue weighted by Gasteiger charge is 2.50. The number of benzene rings is 1. The molecule has 2 saturated heterocycles. The van der Waals surface area contributed by atoms with Crippen LogP contribution in [0.15, 0.2) is 30.3 Å². The van der Waals surface area contributed by atoms with Crippen LogP contribution in [0.3, 0.4) is 0 Å². The summed E-state index contributed by atoms with van der Waals surface area (Å²) in [4.78, 5) is 27.2. The number of fused-ring (bicyclic) bond motifs is 1. The Balaban J connectivity index is 1.43. The zero-order valence-electron chi connectivity index (χ0n) is 13.8. The van der Waals surface area contributed by atoms with Gasteiger partial charge in [0, 0.05) is 19.2 Å². The molecular formula is C19H24N2O3. The lowest BCUT2D eigenvalue weighted by Crippen LogP contribution is -2.45. The number of ether oxygens (including phenoxy) is 1. The van der Waals surface area contributed by atoms with Crippen LogP contribution in [0.1, 0.15) is 31.2 Å². The van der Waals surface area contributed by atoms with Crippen molar-refractivity contribution in [2.45, 2.75) is 50.3 Å². The standard InChI is InChI=1S/C19H24N2O3/c22-17(11-13-5-2-1-3-6-13)21-12-15(18-16(21)9-10-24-18)19(23)20-14-7-4-8-14/h1-3,5-6,14-16,18H,4,7-12H2,(H,20,23)/t15-,16+,18+/m0/s1. The smallest absolute Gasteiger partial charge is 0.227 e. The van der Waals surface area contributed by atoms with E-state index in [2.05, 4.69) is 5.32 Å². The van der Waals surface area contributed by atoms with Crippen molar-refractivity contribution in [2.75, 3.05) is 13.2 Å². The molecule has 1 saturated carbocycles. The third-order valence-corrected chi connectivity index (χ3v) is 5.60. The Kier molecular flexibility index (Phi) is 4.27. The molecule has 3 aliphatic rings. The Bertz CT molecular complexity index is 614. The molecule has 2 amide bonds. The molecule has 3 atom stereocenters. The van der Waals surface area contributed by atoms with E-state index in [-0.39, 0.29) is 29.9 Å². The van der Waals surface area contributed by atoms with E-state index in [0.717, 1.165) is 24.8 Å². The van der Waals surface area contributed by atoms with Crippen LogP contribution in [-0.4, -0.2) is 48.1 Å². The molecule has 0 radical (unpaired) electrons. The number of likely N-dealkylation sites (tertiary alicyclic amines) is 1. The second-order valence-corrected chi connectivity index (χ2v) is 7.14. The first-order valence-electron chi connectivity index (χ1n) is 8.98. The Hall–Kier alpha value is -1.88. The van der Waals surface area contributed by atoms with E-state index in [9.17, 15) is 9.59 Å². The molecule has 2 heterocycles. The molecule has 0 spiro atoms. The second-order valence-electron chi connectivity index (χ2n) is 7.14. The number of nitrogens with one attached hydrogen (secondary N) is 1. The van der Waals surface area contributed by atoms with Crippen molar-refractivity contribution in [3.05, 3.63) is 35.9 Å². The molecule has 1 aromatic rings. The fourth-order valence-corrected chi connectivity index (χ4v) is 4.02. The lowest BCUT2D eigenvalue weighted by Gasteiger charge is -2.28. The van der Waals surface area contributed by atoms with Crippen molar-refractivity contribution >= 4 is 11.8 Å². The van der Waals surface area contributed by atoms with Gasteiger partial charge < -0.3 is 15.0 Å². The summed E-state index contributed by atoms with van der Waals surface area (Å²) < 4.78 is 5.82. The van der Waals surface area contributed by atoms with Gasteiger partial charge in [-0.1, -0.05) is 30.3 Å². The van der Waals surface area contributed by atoms with Gasteiger partial charge in [0.1, 0.15) is 0 Å². The fourth-order valence-electron chi connectivity index (χ4n) is 4.02. The van der Waals surface area contributed by atoms with Crippen LogP contribution >= 0.6 is 0 Å². The Morgan fingerprint density at radius 1 is 1.17 bits per heavy atom. The summed E-state index contributed by atoms with van der Waals surface area (Å²) in [5, 5.41) is 3.12. The molecule has 4 rings (SSSR count). The molecule has 24 heavy (non-hydrogen) atoms. The minimum absolute atomic E-state index is 0.0540. The molecular weight excluding hydrogens is 304 g/mol. The van der Waals surface area contributed by atoms with Crippen molar-refractivity contribution in [3.63, 3.8) is 0 Å². The van der Waals surface area contributed by atoms with Crippen LogP contribution in [0.4, 0.5) is 0 Å². The van der Waals surface area contributed by atoms with Crippen LogP contribution in [-0.2, 0) is 20.7 Å². The molecule has 0 unspecified atom stereocenters. The Labute approximate surface area is 142 Å². The summed E-state index contributed by atoms with van der Waals surface area (Å²) in [6, 6.07) is 10.2. The number of carbonyl (C=O) groups excluding carboxylic acids is 2. The monoisotopic (exact) mass is 328 g/mol. The summed E-state index contributed by atoms with van der Waals surface area (Å²) in [7, 11) is 0. The van der Waals surface area contributed by atoms with Gasteiger partial charge in [-0.3, -0.25) is 9.59 Å². The normalized spacial score (nSPS) is 29.2. The topological polar surface area (TPSA) is 58.6 Å². The second kappa shape index (κ2) is 6.55. The van der Waals surface area contributed by atoms with Gasteiger partial charge in [0.15, 0.2) is 0 Å². The largest absolute Gasteiger partial charge is 0.375 e. The van der Waals surface area contributed by atoms with Gasteiger partial charge >= 0.3 is 0 Å². The highest BCUT2D eigenvalue weighted by atomic mass is 16.5. The third-order valence-electron chi connectivity index (χ3n) is 5.60. The summed E-state index contributed by atoms with van der Waals surface area (Å²) in [6.45, 7) is 1.12. The van der Waals surface area contributed by atoms with E-state index in [1.54, 1.807) is 0 Å². The van der Waals surface area contributed by atoms with E-state index in [0.29, 0.717) is 25.6 Å². The minimum Gasteiger partial charge on any atom is -0.375 e. The fraction of sp³-hybridized carbons (Fsp3) is 0.579. The number of amides is 2. The van der Waals surface area contributed by atoms with E-state index in [4.69, 9.17) is 4.74 Å². The highest BCUT2D eigenvalue weighted by molar-refractivity contribution is 5.84. The molecule has 1 N–H and O–H groups in total. The first-order chi connectivity index (χ1) is 11.7. The average Bonchev–Trinajstić information content (AvgIpc) is 3.13. The lowest BCUT2D eigenvalue weighted by molar-refractivity contribution is -0.131. The predicted molar refractivity (Wildman–Crippen MR) is 89.3 cm³/mol. The number of nitrogens with zero attached hydrogens (tertiary/aromatic N) is 1. The molecule has 1 aromatic carbocycles. The molecule has 128 valence electrons. The van der Waals surface area contributed by atoms with Gasteiger partial charge in [0.2, 0.25) is 11.8 Å². The van der Waals surface area contributed by atoms with E-state index in [1.165, 1.54) is 6.42 Å². The average molecular weight is 328 g/mol. The summed E-state index contributed by atoms with van der Waals surface area (Å²) in [6.07, 6.45) is 4.43. The van der Waals surface area contributed by atoms with E-state index < -0.39 is 0 Å². The molecule has 5 heteroatoms. The first kappa shape index (κ1) is 15.6. The van der Waals surface area contributed by atoms with Crippen LogP contribution in [0.25, 0.3) is 0 Å². The molecule has 1 aliphatic carbocycles. The van der Waals surface area contributed by atoms with Crippen molar-refractivity contribution in [3.8, 4) is 0 Å². The number of hydrogen-bond acceptors (Lipinski definition) is 3. The molecule has 2 aliphatic heterocycles. The quantitative estimate of drug-likeness (QED) is 0.911. The SMILES string of the molecule is O=C(NC1CCC1)[C@H]1CN(C(=O)Cc2ccccc2)[C@@H]2CCO[C@H]12. The van der Waals surface area contributed by atoms with Crippen molar-refractivity contribution in [1.82, 2.24) is 10.2 Å². The number of carbonyl (C=O) groups is 2. The van der Waals surface area contributed by atoms with Gasteiger partial charge in [-0.15, -0.1) is 0 Å². The maximum Gasteiger partial charge on any atom is 0.227 e. The van der Waals surface area contributed by atoms with Crippen LogP contribution in [0.5, 0.6) is 0 Å². The predicted octanol–water partition coefficient (Wildman–Crippen LogP) is 1.51. The van der Waals surface area contributed by atoms with Gasteiger partial charge in [0.25, 0.3) is 0 Å². The zero-order valence-corrected chi connectivity index (χ0v) is 13.8. The van der Waals surface area contributed by atoms with Crippen molar-refractivity contribution in [1.29, 1.82) is 0 Å². The van der Waals surface area contributed by atoms with Gasteiger partial charge in [-0.2, -0.15) is 0 Å². The van der Waals surface area contributed by atoms with Crippen molar-refractivity contribution in [2.24, 2.45) is 5.92 Å². The van der Waals surface area contributed by atoms with Crippen LogP contribution in [0, 0.1) is 5.92 Å². The molecule has 0 bridgehead atoms. The van der Waals surface area contributed by atoms with Gasteiger partial charge in [-0.05, 0) is 31.2 Å². The Morgan fingerprint density at radius 3 is 2.67 bits per heavy atom. The maximum atomic E-state index is 12.8. The molecule has 0 aromatic heterocycles. The third kappa shape index (κ3) is 2.93. The van der Waals surface area contributed by atoms with Gasteiger partial charge in [0.05, 0.1) is 24.5 Å². The maximum absolute atomic E-state index is 12.8. The lowest BCUT2D eigenvalue weighted by atomic mass is 9.92. The highest BCUT2D eigenvalue weighted by Crippen LogP contribution is 2.34. The van der Waals surface area contributed by atoms with Crippen LogP contribution in [0.2, 0.25) is 0 Å².